The topological polar surface area (TPSA) is 66.8 Å². The first-order chi connectivity index (χ1) is 10.8. The van der Waals surface area contributed by atoms with E-state index in [-0.39, 0.29) is 17.3 Å². The van der Waals surface area contributed by atoms with Gasteiger partial charge in [-0.1, -0.05) is 34.1 Å². The SMILES string of the molecule is CCCC(C)(C(=O)OC12CC3CC(O)(CC(O)(C3)C1)C2)C(C)(C)C. The van der Waals surface area contributed by atoms with Crippen LogP contribution in [-0.4, -0.2) is 33.0 Å². The molecule has 4 aliphatic rings. The standard InChI is InChI=1S/C20H34O4/c1-6-7-17(5,16(2,3)4)15(21)24-20-10-14-8-18(22,12-20)11-19(23,9-14)13-20/h14,22-23H,6-13H2,1-5H3. The van der Waals surface area contributed by atoms with Crippen molar-refractivity contribution in [2.45, 2.75) is 103 Å². The van der Waals surface area contributed by atoms with Gasteiger partial charge in [-0.2, -0.15) is 0 Å². The zero-order valence-electron chi connectivity index (χ0n) is 15.9. The minimum atomic E-state index is -0.864. The Morgan fingerprint density at radius 3 is 2.00 bits per heavy atom. The first-order valence-corrected chi connectivity index (χ1v) is 9.53. The summed E-state index contributed by atoms with van der Waals surface area (Å²) in [6, 6.07) is 0. The molecule has 4 heteroatoms. The maximum absolute atomic E-state index is 13.2. The molecule has 0 aromatic rings. The number of esters is 1. The Labute approximate surface area is 146 Å². The van der Waals surface area contributed by atoms with Crippen LogP contribution < -0.4 is 0 Å². The molecular weight excluding hydrogens is 304 g/mol. The molecule has 3 unspecified atom stereocenters. The van der Waals surface area contributed by atoms with Crippen LogP contribution in [0.15, 0.2) is 0 Å². The van der Waals surface area contributed by atoms with Crippen molar-refractivity contribution < 1.29 is 19.7 Å². The van der Waals surface area contributed by atoms with Crippen LogP contribution in [0.4, 0.5) is 0 Å². The molecule has 0 spiro atoms. The van der Waals surface area contributed by atoms with Gasteiger partial charge in [0.2, 0.25) is 0 Å². The number of rotatable bonds is 4. The van der Waals surface area contributed by atoms with Crippen LogP contribution in [0, 0.1) is 16.7 Å². The normalized spacial score (nSPS) is 43.5. The van der Waals surface area contributed by atoms with Crippen molar-refractivity contribution in [3.8, 4) is 0 Å². The molecule has 0 aromatic heterocycles. The van der Waals surface area contributed by atoms with Gasteiger partial charge in [-0.05, 0) is 43.9 Å². The Morgan fingerprint density at radius 2 is 1.58 bits per heavy atom. The van der Waals surface area contributed by atoms with Gasteiger partial charge in [0.25, 0.3) is 0 Å². The minimum Gasteiger partial charge on any atom is -0.458 e. The lowest BCUT2D eigenvalue weighted by atomic mass is 9.50. The molecule has 4 bridgehead atoms. The summed E-state index contributed by atoms with van der Waals surface area (Å²) in [6.45, 7) is 10.4. The van der Waals surface area contributed by atoms with Crippen molar-refractivity contribution >= 4 is 5.97 Å². The molecule has 4 saturated carbocycles. The molecule has 0 heterocycles. The van der Waals surface area contributed by atoms with Gasteiger partial charge in [0.15, 0.2) is 0 Å². The Balaban J connectivity index is 1.86. The third-order valence-corrected chi connectivity index (χ3v) is 7.12. The van der Waals surface area contributed by atoms with Crippen LogP contribution in [-0.2, 0) is 9.53 Å². The minimum absolute atomic E-state index is 0.161. The number of hydrogen-bond acceptors (Lipinski definition) is 4. The molecule has 4 nitrogen and oxygen atoms in total. The first-order valence-electron chi connectivity index (χ1n) is 9.53. The highest BCUT2D eigenvalue weighted by Gasteiger charge is 2.65. The van der Waals surface area contributed by atoms with Gasteiger partial charge in [0.1, 0.15) is 5.60 Å². The summed E-state index contributed by atoms with van der Waals surface area (Å²) in [5.41, 5.74) is -3.17. The molecule has 0 saturated heterocycles. The smallest absolute Gasteiger partial charge is 0.312 e. The monoisotopic (exact) mass is 338 g/mol. The molecule has 0 aromatic carbocycles. The van der Waals surface area contributed by atoms with Crippen LogP contribution in [0.25, 0.3) is 0 Å². The number of carbonyl (C=O) groups is 1. The predicted molar refractivity (Wildman–Crippen MR) is 92.4 cm³/mol. The van der Waals surface area contributed by atoms with E-state index in [0.717, 1.165) is 32.1 Å². The second kappa shape index (κ2) is 5.20. The Kier molecular flexibility index (Phi) is 3.94. The van der Waals surface area contributed by atoms with Crippen LogP contribution in [0.2, 0.25) is 0 Å². The fourth-order valence-electron chi connectivity index (χ4n) is 5.96. The van der Waals surface area contributed by atoms with Gasteiger partial charge in [-0.3, -0.25) is 4.79 Å². The van der Waals surface area contributed by atoms with Crippen molar-refractivity contribution in [1.29, 1.82) is 0 Å². The van der Waals surface area contributed by atoms with E-state index in [9.17, 15) is 15.0 Å². The molecule has 3 atom stereocenters. The molecule has 0 radical (unpaired) electrons. The molecule has 24 heavy (non-hydrogen) atoms. The maximum atomic E-state index is 13.2. The Morgan fingerprint density at radius 1 is 1.04 bits per heavy atom. The zero-order chi connectivity index (χ0) is 18.0. The van der Waals surface area contributed by atoms with Crippen LogP contribution >= 0.6 is 0 Å². The molecular formula is C20H34O4. The molecule has 0 amide bonds. The van der Waals surface area contributed by atoms with Gasteiger partial charge in [0.05, 0.1) is 16.6 Å². The van der Waals surface area contributed by atoms with Crippen molar-refractivity contribution in [1.82, 2.24) is 0 Å². The highest BCUT2D eigenvalue weighted by atomic mass is 16.6. The summed E-state index contributed by atoms with van der Waals surface area (Å²) in [4.78, 5) is 13.2. The number of ether oxygens (including phenoxy) is 1. The molecule has 2 N–H and O–H groups in total. The summed E-state index contributed by atoms with van der Waals surface area (Å²) in [5.74, 6) is 0.0992. The largest absolute Gasteiger partial charge is 0.458 e. The summed E-state index contributed by atoms with van der Waals surface area (Å²) in [5, 5.41) is 21.7. The van der Waals surface area contributed by atoms with E-state index in [0.29, 0.717) is 19.3 Å². The van der Waals surface area contributed by atoms with Crippen molar-refractivity contribution in [3.63, 3.8) is 0 Å². The van der Waals surface area contributed by atoms with Gasteiger partial charge >= 0.3 is 5.97 Å². The van der Waals surface area contributed by atoms with E-state index >= 15 is 0 Å². The third-order valence-electron chi connectivity index (χ3n) is 7.12. The summed E-state index contributed by atoms with van der Waals surface area (Å²) in [6.07, 6.45) is 5.36. The second-order valence-electron chi connectivity index (χ2n) is 10.4. The van der Waals surface area contributed by atoms with Crippen LogP contribution in [0.1, 0.15) is 86.0 Å². The summed E-state index contributed by atoms with van der Waals surface area (Å²) in [7, 11) is 0. The zero-order valence-corrected chi connectivity index (χ0v) is 15.9. The molecule has 0 aliphatic heterocycles. The molecule has 138 valence electrons. The molecule has 4 fully saturated rings. The first kappa shape index (κ1) is 18.2. The van der Waals surface area contributed by atoms with Gasteiger partial charge in [-0.25, -0.2) is 0 Å². The predicted octanol–water partition coefficient (Wildman–Crippen LogP) is 3.58. The van der Waals surface area contributed by atoms with E-state index in [4.69, 9.17) is 4.74 Å². The summed E-state index contributed by atoms with van der Waals surface area (Å²) >= 11 is 0. The van der Waals surface area contributed by atoms with Gasteiger partial charge in [0, 0.05) is 19.3 Å². The lowest BCUT2D eigenvalue weighted by Crippen LogP contribution is -2.67. The Hall–Kier alpha value is -0.610. The maximum Gasteiger partial charge on any atom is 0.312 e. The van der Waals surface area contributed by atoms with Gasteiger partial charge in [-0.15, -0.1) is 0 Å². The quantitative estimate of drug-likeness (QED) is 0.769. The van der Waals surface area contributed by atoms with Crippen LogP contribution in [0.3, 0.4) is 0 Å². The van der Waals surface area contributed by atoms with E-state index in [1.807, 2.05) is 6.92 Å². The van der Waals surface area contributed by atoms with Crippen molar-refractivity contribution in [2.24, 2.45) is 16.7 Å². The highest BCUT2D eigenvalue weighted by molar-refractivity contribution is 5.78. The average Bonchev–Trinajstić information content (AvgIpc) is 2.31. The van der Waals surface area contributed by atoms with Gasteiger partial charge < -0.3 is 14.9 Å². The van der Waals surface area contributed by atoms with Crippen molar-refractivity contribution in [3.05, 3.63) is 0 Å². The summed E-state index contributed by atoms with van der Waals surface area (Å²) < 4.78 is 6.17. The molecule has 4 aliphatic carbocycles. The van der Waals surface area contributed by atoms with E-state index < -0.39 is 22.2 Å². The fraction of sp³-hybridized carbons (Fsp3) is 0.950. The van der Waals surface area contributed by atoms with Crippen molar-refractivity contribution in [2.75, 3.05) is 0 Å². The highest BCUT2D eigenvalue weighted by Crippen LogP contribution is 2.61. The molecule has 4 rings (SSSR count). The lowest BCUT2D eigenvalue weighted by Gasteiger charge is -2.62. The fourth-order valence-corrected chi connectivity index (χ4v) is 5.96. The second-order valence-corrected chi connectivity index (χ2v) is 10.4. The van der Waals surface area contributed by atoms with E-state index in [2.05, 4.69) is 27.7 Å². The lowest BCUT2D eigenvalue weighted by molar-refractivity contribution is -0.266. The number of carbonyl (C=O) groups excluding carboxylic acids is 1. The number of hydrogen-bond donors (Lipinski definition) is 2. The van der Waals surface area contributed by atoms with E-state index in [1.54, 1.807) is 0 Å². The third kappa shape index (κ3) is 2.80. The number of aliphatic hydroxyl groups is 2. The Bertz CT molecular complexity index is 516. The van der Waals surface area contributed by atoms with E-state index in [1.165, 1.54) is 0 Å². The van der Waals surface area contributed by atoms with Crippen LogP contribution in [0.5, 0.6) is 0 Å². The average molecular weight is 338 g/mol.